The summed E-state index contributed by atoms with van der Waals surface area (Å²) in [6, 6.07) is 1.07. The molecule has 13 heavy (non-hydrogen) atoms. The number of sulfonamides is 1. The van der Waals surface area contributed by atoms with E-state index < -0.39 is 10.0 Å². The summed E-state index contributed by atoms with van der Waals surface area (Å²) in [6.45, 7) is 1.67. The largest absolute Gasteiger partial charge is 0.310 e. The van der Waals surface area contributed by atoms with Crippen LogP contribution in [0.15, 0.2) is 0 Å². The van der Waals surface area contributed by atoms with Gasteiger partial charge >= 0.3 is 0 Å². The lowest BCUT2D eigenvalue weighted by atomic mass is 9.96. The third-order valence-corrected chi connectivity index (χ3v) is 4.43. The van der Waals surface area contributed by atoms with Crippen LogP contribution in [0, 0.1) is 0 Å². The van der Waals surface area contributed by atoms with Crippen LogP contribution in [0.5, 0.6) is 0 Å². The highest BCUT2D eigenvalue weighted by Gasteiger charge is 2.40. The van der Waals surface area contributed by atoms with Gasteiger partial charge in [0.05, 0.1) is 5.75 Å². The Labute approximate surface area is 79.1 Å². The van der Waals surface area contributed by atoms with Crippen molar-refractivity contribution in [3.05, 3.63) is 0 Å². The lowest BCUT2D eigenvalue weighted by molar-refractivity contribution is 0.461. The van der Waals surface area contributed by atoms with Gasteiger partial charge in [0.25, 0.3) is 0 Å². The molecule has 2 bridgehead atoms. The quantitative estimate of drug-likeness (QED) is 0.670. The van der Waals surface area contributed by atoms with Crippen LogP contribution in [0.2, 0.25) is 0 Å². The van der Waals surface area contributed by atoms with Gasteiger partial charge in [-0.25, -0.2) is 13.1 Å². The van der Waals surface area contributed by atoms with E-state index in [9.17, 15) is 8.42 Å². The Balaban J connectivity index is 1.97. The molecule has 3 unspecified atom stereocenters. The Hall–Kier alpha value is -0.130. The molecule has 0 aromatic carbocycles. The summed E-state index contributed by atoms with van der Waals surface area (Å²) in [6.07, 6.45) is 3.28. The van der Waals surface area contributed by atoms with Crippen LogP contribution in [-0.4, -0.2) is 32.3 Å². The van der Waals surface area contributed by atoms with Crippen molar-refractivity contribution in [1.29, 1.82) is 0 Å². The van der Waals surface area contributed by atoms with E-state index in [-0.39, 0.29) is 11.8 Å². The average Bonchev–Trinajstić information content (AvgIpc) is 2.64. The Kier molecular flexibility index (Phi) is 2.33. The topological polar surface area (TPSA) is 58.2 Å². The van der Waals surface area contributed by atoms with Crippen molar-refractivity contribution in [3.8, 4) is 0 Å². The van der Waals surface area contributed by atoms with Gasteiger partial charge in [-0.1, -0.05) is 0 Å². The van der Waals surface area contributed by atoms with Gasteiger partial charge in [0.15, 0.2) is 0 Å². The molecule has 2 saturated heterocycles. The molecule has 2 N–H and O–H groups in total. The van der Waals surface area contributed by atoms with Crippen LogP contribution in [0.3, 0.4) is 0 Å². The summed E-state index contributed by atoms with van der Waals surface area (Å²) in [5.74, 6) is 0.181. The Morgan fingerprint density at radius 1 is 1.46 bits per heavy atom. The molecule has 0 radical (unpaired) electrons. The zero-order chi connectivity index (χ0) is 9.47. The molecular formula is C8H16N2O2S. The second-order valence-electron chi connectivity index (χ2n) is 3.91. The highest BCUT2D eigenvalue weighted by molar-refractivity contribution is 7.89. The predicted octanol–water partition coefficient (Wildman–Crippen LogP) is -0.181. The van der Waals surface area contributed by atoms with Crippen molar-refractivity contribution in [2.75, 3.05) is 5.75 Å². The van der Waals surface area contributed by atoms with Crippen molar-refractivity contribution in [2.45, 2.75) is 44.3 Å². The third kappa shape index (κ3) is 1.87. The molecule has 0 aromatic rings. The molecule has 2 rings (SSSR count). The van der Waals surface area contributed by atoms with Crippen LogP contribution in [0.1, 0.15) is 26.2 Å². The van der Waals surface area contributed by atoms with Gasteiger partial charge in [-0.2, -0.15) is 0 Å². The van der Waals surface area contributed by atoms with E-state index in [2.05, 4.69) is 10.0 Å². The monoisotopic (exact) mass is 204 g/mol. The fourth-order valence-electron chi connectivity index (χ4n) is 2.27. The maximum absolute atomic E-state index is 11.3. The molecule has 2 heterocycles. The number of fused-ring (bicyclic) bond motifs is 2. The molecule has 5 heteroatoms. The Morgan fingerprint density at radius 3 is 2.69 bits per heavy atom. The molecule has 2 aliphatic rings. The minimum atomic E-state index is -3.02. The van der Waals surface area contributed by atoms with Crippen molar-refractivity contribution in [3.63, 3.8) is 0 Å². The summed E-state index contributed by atoms with van der Waals surface area (Å²) in [5.41, 5.74) is 0. The minimum Gasteiger partial charge on any atom is -0.310 e. The van der Waals surface area contributed by atoms with Crippen molar-refractivity contribution in [2.24, 2.45) is 0 Å². The first-order chi connectivity index (χ1) is 6.11. The lowest BCUT2D eigenvalue weighted by Crippen LogP contribution is -2.43. The SMILES string of the molecule is CCS(=O)(=O)NC1CC2CCC1N2. The Bertz CT molecular complexity index is 289. The summed E-state index contributed by atoms with van der Waals surface area (Å²) >= 11 is 0. The molecule has 0 saturated carbocycles. The summed E-state index contributed by atoms with van der Waals surface area (Å²) < 4.78 is 25.3. The maximum atomic E-state index is 11.3. The third-order valence-electron chi connectivity index (χ3n) is 3.01. The molecule has 0 aliphatic carbocycles. The van der Waals surface area contributed by atoms with Crippen LogP contribution in [-0.2, 0) is 10.0 Å². The second kappa shape index (κ2) is 3.22. The number of nitrogens with one attached hydrogen (secondary N) is 2. The average molecular weight is 204 g/mol. The smallest absolute Gasteiger partial charge is 0.211 e. The fraction of sp³-hybridized carbons (Fsp3) is 1.00. The fourth-order valence-corrected chi connectivity index (χ4v) is 3.16. The normalized spacial score (nSPS) is 38.4. The molecule has 0 aromatic heterocycles. The van der Waals surface area contributed by atoms with Gasteiger partial charge in [0.2, 0.25) is 10.0 Å². The highest BCUT2D eigenvalue weighted by Crippen LogP contribution is 2.28. The first-order valence-electron chi connectivity index (χ1n) is 4.87. The van der Waals surface area contributed by atoms with Gasteiger partial charge in [0, 0.05) is 18.1 Å². The molecule has 3 atom stereocenters. The summed E-state index contributed by atoms with van der Waals surface area (Å²) in [5, 5.41) is 3.40. The predicted molar refractivity (Wildman–Crippen MR) is 50.9 cm³/mol. The van der Waals surface area contributed by atoms with E-state index in [1.54, 1.807) is 6.92 Å². The molecule has 2 fully saturated rings. The van der Waals surface area contributed by atoms with Gasteiger partial charge < -0.3 is 5.32 Å². The van der Waals surface area contributed by atoms with Crippen molar-refractivity contribution in [1.82, 2.24) is 10.0 Å². The van der Waals surface area contributed by atoms with Crippen LogP contribution in [0.25, 0.3) is 0 Å². The summed E-state index contributed by atoms with van der Waals surface area (Å²) in [7, 11) is -3.02. The second-order valence-corrected chi connectivity index (χ2v) is 5.95. The molecular weight excluding hydrogens is 188 g/mol. The minimum absolute atomic E-state index is 0.142. The van der Waals surface area contributed by atoms with Gasteiger partial charge in [-0.05, 0) is 26.2 Å². The number of rotatable bonds is 3. The van der Waals surface area contributed by atoms with Crippen molar-refractivity contribution < 1.29 is 8.42 Å². The number of hydrogen-bond acceptors (Lipinski definition) is 3. The van der Waals surface area contributed by atoms with E-state index in [1.165, 1.54) is 6.42 Å². The Morgan fingerprint density at radius 2 is 2.23 bits per heavy atom. The standard InChI is InChI=1S/C8H16N2O2S/c1-2-13(11,12)10-8-5-6-3-4-7(8)9-6/h6-10H,2-5H2,1H3. The maximum Gasteiger partial charge on any atom is 0.211 e. The zero-order valence-electron chi connectivity index (χ0n) is 7.79. The lowest BCUT2D eigenvalue weighted by Gasteiger charge is -2.20. The van der Waals surface area contributed by atoms with Crippen molar-refractivity contribution >= 4 is 10.0 Å². The van der Waals surface area contributed by atoms with E-state index in [4.69, 9.17) is 0 Å². The molecule has 4 nitrogen and oxygen atoms in total. The molecule has 76 valence electrons. The summed E-state index contributed by atoms with van der Waals surface area (Å²) in [4.78, 5) is 0. The molecule has 0 amide bonds. The van der Waals surface area contributed by atoms with E-state index in [0.717, 1.165) is 12.8 Å². The van der Waals surface area contributed by atoms with Gasteiger partial charge in [-0.15, -0.1) is 0 Å². The molecule has 0 spiro atoms. The first kappa shape index (κ1) is 9.43. The van der Waals surface area contributed by atoms with Gasteiger partial charge in [-0.3, -0.25) is 0 Å². The first-order valence-corrected chi connectivity index (χ1v) is 6.52. The van der Waals surface area contributed by atoms with E-state index in [1.807, 2.05) is 0 Å². The molecule has 2 aliphatic heterocycles. The zero-order valence-corrected chi connectivity index (χ0v) is 8.60. The highest BCUT2D eigenvalue weighted by atomic mass is 32.2. The van der Waals surface area contributed by atoms with Crippen LogP contribution >= 0.6 is 0 Å². The van der Waals surface area contributed by atoms with Crippen LogP contribution < -0.4 is 10.0 Å². The number of hydrogen-bond donors (Lipinski definition) is 2. The van der Waals surface area contributed by atoms with E-state index >= 15 is 0 Å². The van der Waals surface area contributed by atoms with Gasteiger partial charge in [0.1, 0.15) is 0 Å². The van der Waals surface area contributed by atoms with E-state index in [0.29, 0.717) is 12.1 Å². The van der Waals surface area contributed by atoms with Crippen LogP contribution in [0.4, 0.5) is 0 Å².